The van der Waals surface area contributed by atoms with Gasteiger partial charge >= 0.3 is 0 Å². The zero-order valence-corrected chi connectivity index (χ0v) is 32.9. The van der Waals surface area contributed by atoms with Crippen LogP contribution in [0.1, 0.15) is 30.4 Å². The van der Waals surface area contributed by atoms with Crippen LogP contribution >= 0.6 is 23.2 Å². The Morgan fingerprint density at radius 3 is 1.75 bits per heavy atom. The minimum atomic E-state index is 0.325. The third-order valence-electron chi connectivity index (χ3n) is 10.8. The molecule has 13 heteroatoms. The van der Waals surface area contributed by atoms with Crippen molar-refractivity contribution < 1.29 is 9.47 Å². The smallest absolute Gasteiger partial charge is 0.218 e. The Hall–Kier alpha value is -5.36. The van der Waals surface area contributed by atoms with E-state index in [0.29, 0.717) is 46.0 Å². The van der Waals surface area contributed by atoms with Crippen LogP contribution in [0.25, 0.3) is 33.6 Å². The van der Waals surface area contributed by atoms with Crippen LogP contribution in [0.3, 0.4) is 0 Å². The second-order valence-corrected chi connectivity index (χ2v) is 15.0. The van der Waals surface area contributed by atoms with Gasteiger partial charge < -0.3 is 24.6 Å². The van der Waals surface area contributed by atoms with Gasteiger partial charge in [0.1, 0.15) is 12.7 Å². The van der Waals surface area contributed by atoms with Crippen molar-refractivity contribution in [3.63, 3.8) is 0 Å². The number of halogens is 2. The van der Waals surface area contributed by atoms with Gasteiger partial charge in [0.25, 0.3) is 0 Å². The molecule has 0 amide bonds. The Morgan fingerprint density at radius 2 is 1.16 bits per heavy atom. The van der Waals surface area contributed by atoms with Gasteiger partial charge in [0.2, 0.25) is 11.8 Å². The molecule has 2 aliphatic rings. The summed E-state index contributed by atoms with van der Waals surface area (Å²) in [4.78, 5) is 31.2. The fourth-order valence-corrected chi connectivity index (χ4v) is 8.43. The third-order valence-corrected chi connectivity index (χ3v) is 11.6. The maximum Gasteiger partial charge on any atom is 0.218 e. The number of hydrogen-bond donors (Lipinski definition) is 1. The molecular weight excluding hydrogens is 745 g/mol. The number of aromatic nitrogens is 6. The molecule has 2 atom stereocenters. The molecular formula is C43H43Cl2N9O2. The number of aryl methyl sites for hydroxylation is 1. The molecule has 0 spiro atoms. The molecule has 0 bridgehead atoms. The predicted molar refractivity (Wildman–Crippen MR) is 222 cm³/mol. The Morgan fingerprint density at radius 1 is 0.643 bits per heavy atom. The van der Waals surface area contributed by atoms with Crippen molar-refractivity contribution in [1.29, 1.82) is 0 Å². The number of methoxy groups -OCH3 is 2. The largest absolute Gasteiger partial charge is 0.481 e. The van der Waals surface area contributed by atoms with Crippen LogP contribution in [0.15, 0.2) is 98.1 Å². The Labute approximate surface area is 337 Å². The number of hydrogen-bond acceptors (Lipinski definition) is 11. The molecule has 0 saturated carbocycles. The van der Waals surface area contributed by atoms with Crippen LogP contribution in [0.5, 0.6) is 11.8 Å². The molecule has 0 aliphatic carbocycles. The second kappa shape index (κ2) is 17.2. The first-order chi connectivity index (χ1) is 27.5. The van der Waals surface area contributed by atoms with E-state index in [9.17, 15) is 0 Å². The average molecular weight is 789 g/mol. The molecule has 2 unspecified atom stereocenters. The van der Waals surface area contributed by atoms with Crippen LogP contribution in [0.2, 0.25) is 10.0 Å². The van der Waals surface area contributed by atoms with E-state index in [1.807, 2.05) is 79.4 Å². The summed E-state index contributed by atoms with van der Waals surface area (Å²) in [5.74, 6) is 1.74. The molecule has 2 aliphatic heterocycles. The lowest BCUT2D eigenvalue weighted by molar-refractivity contribution is 0.389. The highest BCUT2D eigenvalue weighted by molar-refractivity contribution is 6.39. The number of rotatable bonds is 13. The molecule has 56 heavy (non-hydrogen) atoms. The van der Waals surface area contributed by atoms with E-state index in [1.165, 1.54) is 0 Å². The Bertz CT molecular complexity index is 2120. The van der Waals surface area contributed by atoms with E-state index in [2.05, 4.69) is 41.1 Å². The zero-order valence-electron chi connectivity index (χ0n) is 31.4. The number of benzene rings is 2. The lowest BCUT2D eigenvalue weighted by Crippen LogP contribution is -2.32. The maximum absolute atomic E-state index is 7.19. The van der Waals surface area contributed by atoms with Crippen molar-refractivity contribution in [2.45, 2.75) is 38.3 Å². The highest BCUT2D eigenvalue weighted by Gasteiger charge is 2.25. The molecule has 286 valence electrons. The predicted octanol–water partition coefficient (Wildman–Crippen LogP) is 8.21. The highest BCUT2D eigenvalue weighted by atomic mass is 35.5. The first-order valence-electron chi connectivity index (χ1n) is 18.9. The second-order valence-electron chi connectivity index (χ2n) is 14.2. The fraction of sp³-hybridized carbons (Fsp3) is 0.302. The van der Waals surface area contributed by atoms with Crippen molar-refractivity contribution in [2.75, 3.05) is 50.2 Å². The van der Waals surface area contributed by atoms with Crippen molar-refractivity contribution in [2.24, 2.45) is 5.92 Å². The number of anilines is 2. The topological polar surface area (TPSA) is 114 Å². The molecule has 6 aromatic rings. The third kappa shape index (κ3) is 8.11. The lowest BCUT2D eigenvalue weighted by Gasteiger charge is -2.18. The van der Waals surface area contributed by atoms with Gasteiger partial charge in [-0.2, -0.15) is 0 Å². The minimum absolute atomic E-state index is 0.325. The quantitative estimate of drug-likeness (QED) is 0.122. The van der Waals surface area contributed by atoms with Crippen LogP contribution in [0, 0.1) is 5.92 Å². The zero-order chi connectivity index (χ0) is 38.4. The van der Waals surface area contributed by atoms with Crippen molar-refractivity contribution in [1.82, 2.24) is 35.2 Å². The summed E-state index contributed by atoms with van der Waals surface area (Å²) in [5, 5.41) is 4.78. The molecule has 2 aromatic carbocycles. The molecule has 4 aromatic heterocycles. The lowest BCUT2D eigenvalue weighted by atomic mass is 9.97. The molecule has 2 fully saturated rings. The van der Waals surface area contributed by atoms with E-state index < -0.39 is 0 Å². The SMILES string of the molecule is COc1nc(-c2cccc(-c3cccc(-c4ccc(CNC5CCN(c6cncnc6)C5)c(OC)n4)c3Cl)c2Cl)ccc1CCC1CCN(c2cncnc2)C1. The minimum Gasteiger partial charge on any atom is -0.481 e. The summed E-state index contributed by atoms with van der Waals surface area (Å²) in [5.41, 5.74) is 8.79. The molecule has 2 saturated heterocycles. The van der Waals surface area contributed by atoms with E-state index >= 15 is 0 Å². The number of pyridine rings is 2. The van der Waals surface area contributed by atoms with Gasteiger partial charge in [0.05, 0.1) is 71.8 Å². The van der Waals surface area contributed by atoms with Gasteiger partial charge in [-0.3, -0.25) is 0 Å². The summed E-state index contributed by atoms with van der Waals surface area (Å²) in [6.07, 6.45) is 14.7. The summed E-state index contributed by atoms with van der Waals surface area (Å²) in [7, 11) is 3.32. The molecule has 11 nitrogen and oxygen atoms in total. The van der Waals surface area contributed by atoms with Crippen LogP contribution in [-0.2, 0) is 13.0 Å². The van der Waals surface area contributed by atoms with Crippen LogP contribution < -0.4 is 24.6 Å². The highest BCUT2D eigenvalue weighted by Crippen LogP contribution is 2.42. The molecule has 0 radical (unpaired) electrons. The normalized spacial score (nSPS) is 16.7. The van der Waals surface area contributed by atoms with Crippen LogP contribution in [-0.4, -0.2) is 76.3 Å². The van der Waals surface area contributed by atoms with E-state index in [4.69, 9.17) is 42.6 Å². The van der Waals surface area contributed by atoms with Crippen molar-refractivity contribution in [3.05, 3.63) is 119 Å². The van der Waals surface area contributed by atoms with Gasteiger partial charge in [-0.15, -0.1) is 0 Å². The van der Waals surface area contributed by atoms with Crippen LogP contribution in [0.4, 0.5) is 11.4 Å². The number of nitrogens with one attached hydrogen (secondary N) is 1. The van der Waals surface area contributed by atoms with Gasteiger partial charge in [0.15, 0.2) is 0 Å². The van der Waals surface area contributed by atoms with E-state index in [0.717, 1.165) is 102 Å². The summed E-state index contributed by atoms with van der Waals surface area (Å²) in [6, 6.07) is 20.3. The number of nitrogens with zero attached hydrogens (tertiary/aromatic N) is 8. The summed E-state index contributed by atoms with van der Waals surface area (Å²) < 4.78 is 11.6. The molecule has 8 rings (SSSR count). The summed E-state index contributed by atoms with van der Waals surface area (Å²) >= 11 is 14.4. The molecule has 6 heterocycles. The van der Waals surface area contributed by atoms with E-state index in [-0.39, 0.29) is 0 Å². The molecule has 1 N–H and O–H groups in total. The van der Waals surface area contributed by atoms with E-state index in [1.54, 1.807) is 26.9 Å². The van der Waals surface area contributed by atoms with Crippen molar-refractivity contribution in [3.8, 4) is 45.4 Å². The number of ether oxygens (including phenoxy) is 2. The fourth-order valence-electron chi connectivity index (χ4n) is 7.78. The Balaban J connectivity index is 0.962. The van der Waals surface area contributed by atoms with Gasteiger partial charge in [-0.1, -0.05) is 71.7 Å². The average Bonchev–Trinajstić information content (AvgIpc) is 3.94. The van der Waals surface area contributed by atoms with Gasteiger partial charge in [0, 0.05) is 72.1 Å². The van der Waals surface area contributed by atoms with Gasteiger partial charge in [-0.25, -0.2) is 29.9 Å². The Kier molecular flexibility index (Phi) is 11.5. The monoisotopic (exact) mass is 787 g/mol. The summed E-state index contributed by atoms with van der Waals surface area (Å²) in [6.45, 7) is 4.46. The van der Waals surface area contributed by atoms with Crippen molar-refractivity contribution >= 4 is 34.6 Å². The van der Waals surface area contributed by atoms with Gasteiger partial charge in [-0.05, 0) is 43.7 Å². The maximum atomic E-state index is 7.19. The first-order valence-corrected chi connectivity index (χ1v) is 19.6. The first kappa shape index (κ1) is 37.6. The standard InChI is InChI=1S/C43H43Cl2N9O2/c1-55-42-29(10-9-28-15-17-53(24-28)32-20-46-26-47-21-32)11-13-38(51-42)36-7-3-5-34(40(36)44)35-6-4-8-37(41(35)45)39-14-12-30(43(52-39)56-2)19-50-31-16-18-54(25-31)33-22-48-27-49-23-33/h3-8,11-14,20-23,26-28,31,50H,9-10,15-19,24-25H2,1-2H3.